The lowest BCUT2D eigenvalue weighted by Gasteiger charge is -2.14. The lowest BCUT2D eigenvalue weighted by atomic mass is 10.2. The van der Waals surface area contributed by atoms with Crippen molar-refractivity contribution >= 4 is 11.6 Å². The van der Waals surface area contributed by atoms with Gasteiger partial charge >= 0.3 is 6.61 Å². The van der Waals surface area contributed by atoms with Gasteiger partial charge in [-0.15, -0.1) is 0 Å². The van der Waals surface area contributed by atoms with Crippen LogP contribution in [0.15, 0.2) is 42.5 Å². The van der Waals surface area contributed by atoms with Gasteiger partial charge in [0.2, 0.25) is 5.91 Å². The predicted octanol–water partition coefficient (Wildman–Crippen LogP) is 3.16. The first-order valence-electron chi connectivity index (χ1n) is 7.85. The molecule has 0 aliphatic rings. The number of para-hydroxylation sites is 2. The number of anilines is 1. The molecule has 0 aliphatic heterocycles. The summed E-state index contributed by atoms with van der Waals surface area (Å²) >= 11 is 0. The zero-order chi connectivity index (χ0) is 18.9. The van der Waals surface area contributed by atoms with Crippen molar-refractivity contribution in [3.63, 3.8) is 0 Å². The van der Waals surface area contributed by atoms with E-state index in [1.54, 1.807) is 30.3 Å². The average molecular weight is 366 g/mol. The van der Waals surface area contributed by atoms with Crippen molar-refractivity contribution in [3.8, 4) is 17.2 Å². The van der Waals surface area contributed by atoms with Crippen molar-refractivity contribution in [2.45, 2.75) is 19.6 Å². The Labute approximate surface area is 149 Å². The van der Waals surface area contributed by atoms with Gasteiger partial charge in [-0.1, -0.05) is 18.2 Å². The summed E-state index contributed by atoms with van der Waals surface area (Å²) in [6.07, 6.45) is 0.112. The molecule has 0 bridgehead atoms. The van der Waals surface area contributed by atoms with Crippen molar-refractivity contribution < 1.29 is 27.8 Å². The second kappa shape index (κ2) is 9.45. The van der Waals surface area contributed by atoms with Gasteiger partial charge in [0.1, 0.15) is 5.75 Å². The first-order chi connectivity index (χ1) is 12.5. The van der Waals surface area contributed by atoms with Crippen LogP contribution in [0.2, 0.25) is 0 Å². The molecule has 0 spiro atoms. The summed E-state index contributed by atoms with van der Waals surface area (Å²) in [5.74, 6) is 0.309. The van der Waals surface area contributed by atoms with E-state index < -0.39 is 12.5 Å². The Morgan fingerprint density at radius 2 is 1.92 bits per heavy atom. The Morgan fingerprint density at radius 1 is 1.15 bits per heavy atom. The molecule has 2 aromatic carbocycles. The van der Waals surface area contributed by atoms with Crippen molar-refractivity contribution in [2.75, 3.05) is 19.0 Å². The second-order valence-electron chi connectivity index (χ2n) is 5.28. The third-order valence-corrected chi connectivity index (χ3v) is 3.42. The molecule has 3 N–H and O–H groups in total. The third-order valence-electron chi connectivity index (χ3n) is 3.42. The fraction of sp³-hybridized carbons (Fsp3) is 0.278. The number of nitrogens with two attached hydrogens (primary N) is 1. The number of benzene rings is 2. The van der Waals surface area contributed by atoms with Crippen molar-refractivity contribution in [1.82, 2.24) is 0 Å². The molecule has 26 heavy (non-hydrogen) atoms. The molecule has 0 fully saturated rings. The molecule has 0 unspecified atom stereocenters. The maximum Gasteiger partial charge on any atom is 0.387 e. The van der Waals surface area contributed by atoms with Crippen LogP contribution < -0.4 is 25.3 Å². The number of rotatable bonds is 10. The van der Waals surface area contributed by atoms with Crippen LogP contribution in [-0.2, 0) is 11.3 Å². The molecule has 2 aromatic rings. The number of methoxy groups -OCH3 is 1. The highest BCUT2D eigenvalue weighted by molar-refractivity contribution is 5.73. The topological polar surface area (TPSA) is 82.8 Å². The quantitative estimate of drug-likeness (QED) is 0.675. The highest BCUT2D eigenvalue weighted by atomic mass is 19.3. The second-order valence-corrected chi connectivity index (χ2v) is 5.28. The van der Waals surface area contributed by atoms with E-state index in [4.69, 9.17) is 15.2 Å². The van der Waals surface area contributed by atoms with E-state index in [1.165, 1.54) is 13.2 Å². The monoisotopic (exact) mass is 366 g/mol. The van der Waals surface area contributed by atoms with E-state index in [1.807, 2.05) is 6.07 Å². The van der Waals surface area contributed by atoms with Crippen LogP contribution in [0.25, 0.3) is 0 Å². The molecule has 8 heteroatoms. The normalized spacial score (nSPS) is 10.5. The molecule has 0 aliphatic carbocycles. The molecule has 6 nitrogen and oxygen atoms in total. The Balaban J connectivity index is 2.05. The standard InChI is InChI=1S/C18H20F2N2O4/c1-24-15-7-6-12(10-16(15)26-18(19)20)11-22-13-4-2-3-5-14(13)25-9-8-17(21)23/h2-7,10,18,22H,8-9,11H2,1H3,(H2,21,23). The first-order valence-corrected chi connectivity index (χ1v) is 7.85. The maximum absolute atomic E-state index is 12.5. The Morgan fingerprint density at radius 3 is 2.62 bits per heavy atom. The predicted molar refractivity (Wildman–Crippen MR) is 92.7 cm³/mol. The summed E-state index contributed by atoms with van der Waals surface area (Å²) < 4.78 is 40.0. The van der Waals surface area contributed by atoms with E-state index >= 15 is 0 Å². The van der Waals surface area contributed by atoms with Crippen LogP contribution in [0.3, 0.4) is 0 Å². The number of primary amides is 1. The number of ether oxygens (including phenoxy) is 3. The lowest BCUT2D eigenvalue weighted by Crippen LogP contribution is -2.15. The van der Waals surface area contributed by atoms with Crippen molar-refractivity contribution in [3.05, 3.63) is 48.0 Å². The van der Waals surface area contributed by atoms with Gasteiger partial charge in [0.25, 0.3) is 0 Å². The fourth-order valence-corrected chi connectivity index (χ4v) is 2.22. The number of carbonyl (C=O) groups excluding carboxylic acids is 1. The summed E-state index contributed by atoms with van der Waals surface area (Å²) in [4.78, 5) is 10.8. The van der Waals surface area contributed by atoms with Gasteiger partial charge < -0.3 is 25.3 Å². The molecular weight excluding hydrogens is 346 g/mol. The number of halogens is 2. The molecular formula is C18H20F2N2O4. The summed E-state index contributed by atoms with van der Waals surface area (Å²) in [6.45, 7) is -2.42. The van der Waals surface area contributed by atoms with Gasteiger partial charge in [0.05, 0.1) is 25.8 Å². The van der Waals surface area contributed by atoms with Crippen LogP contribution >= 0.6 is 0 Å². The van der Waals surface area contributed by atoms with E-state index in [0.29, 0.717) is 23.5 Å². The molecule has 0 saturated carbocycles. The van der Waals surface area contributed by atoms with Gasteiger partial charge in [-0.3, -0.25) is 4.79 Å². The van der Waals surface area contributed by atoms with Gasteiger partial charge in [-0.25, -0.2) is 0 Å². The number of amides is 1. The zero-order valence-corrected chi connectivity index (χ0v) is 14.2. The highest BCUT2D eigenvalue weighted by Crippen LogP contribution is 2.30. The van der Waals surface area contributed by atoms with Crippen LogP contribution in [0.1, 0.15) is 12.0 Å². The molecule has 0 atom stereocenters. The van der Waals surface area contributed by atoms with Crippen LogP contribution in [-0.4, -0.2) is 26.2 Å². The number of alkyl halides is 2. The minimum atomic E-state index is -2.94. The van der Waals surface area contributed by atoms with Gasteiger partial charge in [0.15, 0.2) is 11.5 Å². The van der Waals surface area contributed by atoms with Crippen LogP contribution in [0.4, 0.5) is 14.5 Å². The number of carbonyl (C=O) groups is 1. The fourth-order valence-electron chi connectivity index (χ4n) is 2.22. The highest BCUT2D eigenvalue weighted by Gasteiger charge is 2.11. The van der Waals surface area contributed by atoms with Crippen LogP contribution in [0.5, 0.6) is 17.2 Å². The van der Waals surface area contributed by atoms with Gasteiger partial charge in [-0.2, -0.15) is 8.78 Å². The van der Waals surface area contributed by atoms with Crippen LogP contribution in [0, 0.1) is 0 Å². The average Bonchev–Trinajstić information content (AvgIpc) is 2.60. The number of nitrogens with one attached hydrogen (secondary N) is 1. The Hall–Kier alpha value is -3.03. The summed E-state index contributed by atoms with van der Waals surface area (Å²) in [7, 11) is 1.38. The zero-order valence-electron chi connectivity index (χ0n) is 14.2. The molecule has 0 saturated heterocycles. The molecule has 1 amide bonds. The summed E-state index contributed by atoms with van der Waals surface area (Å²) in [5, 5.41) is 3.16. The largest absolute Gasteiger partial charge is 0.493 e. The minimum absolute atomic E-state index is 0.0345. The van der Waals surface area contributed by atoms with E-state index in [2.05, 4.69) is 10.1 Å². The maximum atomic E-state index is 12.5. The Kier molecular flexibility index (Phi) is 7.02. The lowest BCUT2D eigenvalue weighted by molar-refractivity contribution is -0.118. The molecule has 140 valence electrons. The van der Waals surface area contributed by atoms with Crippen molar-refractivity contribution in [1.29, 1.82) is 0 Å². The molecule has 0 radical (unpaired) electrons. The van der Waals surface area contributed by atoms with E-state index in [0.717, 1.165) is 0 Å². The van der Waals surface area contributed by atoms with Gasteiger partial charge in [-0.05, 0) is 29.8 Å². The molecule has 0 aromatic heterocycles. The SMILES string of the molecule is COc1ccc(CNc2ccccc2OCCC(N)=O)cc1OC(F)F. The van der Waals surface area contributed by atoms with E-state index in [9.17, 15) is 13.6 Å². The van der Waals surface area contributed by atoms with Crippen molar-refractivity contribution in [2.24, 2.45) is 5.73 Å². The molecule has 2 rings (SSSR count). The number of hydrogen-bond acceptors (Lipinski definition) is 5. The molecule has 0 heterocycles. The summed E-state index contributed by atoms with van der Waals surface area (Å²) in [5.41, 5.74) is 6.51. The number of hydrogen-bond donors (Lipinski definition) is 2. The Bertz CT molecular complexity index is 741. The first kappa shape index (κ1) is 19.3. The van der Waals surface area contributed by atoms with Gasteiger partial charge in [0, 0.05) is 6.54 Å². The third kappa shape index (κ3) is 5.80. The van der Waals surface area contributed by atoms with E-state index in [-0.39, 0.29) is 24.5 Å². The summed E-state index contributed by atoms with van der Waals surface area (Å²) in [6, 6.07) is 12.0. The minimum Gasteiger partial charge on any atom is -0.493 e. The smallest absolute Gasteiger partial charge is 0.387 e.